The number of carbonyl (C=O) groups excluding carboxylic acids is 1. The summed E-state index contributed by atoms with van der Waals surface area (Å²) in [6.07, 6.45) is 1.48. The molecular formula is C9H6ClN3OS. The molecule has 0 aromatic carbocycles. The maximum atomic E-state index is 11.6. The minimum Gasteiger partial charge on any atom is -0.290 e. The second-order valence-corrected chi connectivity index (χ2v) is 3.84. The van der Waals surface area contributed by atoms with Gasteiger partial charge in [0.1, 0.15) is 5.15 Å². The van der Waals surface area contributed by atoms with Crippen molar-refractivity contribution in [1.29, 1.82) is 0 Å². The van der Waals surface area contributed by atoms with Crippen molar-refractivity contribution in [3.8, 4) is 0 Å². The average molecular weight is 240 g/mol. The highest BCUT2D eigenvalue weighted by Crippen LogP contribution is 2.10. The van der Waals surface area contributed by atoms with E-state index in [9.17, 15) is 4.79 Å². The van der Waals surface area contributed by atoms with Crippen molar-refractivity contribution in [2.45, 2.75) is 0 Å². The van der Waals surface area contributed by atoms with Crippen molar-refractivity contribution in [2.75, 3.05) is 5.32 Å². The first-order chi connectivity index (χ1) is 7.25. The zero-order valence-corrected chi connectivity index (χ0v) is 9.05. The van der Waals surface area contributed by atoms with Crippen LogP contribution in [-0.4, -0.2) is 15.9 Å². The molecule has 15 heavy (non-hydrogen) atoms. The number of hydrogen-bond acceptors (Lipinski definition) is 4. The van der Waals surface area contributed by atoms with Crippen LogP contribution < -0.4 is 5.32 Å². The van der Waals surface area contributed by atoms with Crippen molar-refractivity contribution >= 4 is 34.8 Å². The summed E-state index contributed by atoms with van der Waals surface area (Å²) >= 11 is 7.11. The number of halogens is 1. The molecule has 2 rings (SSSR count). The van der Waals surface area contributed by atoms with Crippen LogP contribution in [0.4, 0.5) is 5.95 Å². The number of aromatic nitrogens is 2. The quantitative estimate of drug-likeness (QED) is 0.819. The molecule has 2 aromatic rings. The minimum atomic E-state index is -0.237. The normalized spacial score (nSPS) is 9.93. The summed E-state index contributed by atoms with van der Waals surface area (Å²) in [6.45, 7) is 0. The highest BCUT2D eigenvalue weighted by atomic mass is 35.5. The second-order valence-electron chi connectivity index (χ2n) is 2.67. The molecule has 4 nitrogen and oxygen atoms in total. The van der Waals surface area contributed by atoms with E-state index in [4.69, 9.17) is 11.6 Å². The molecule has 0 spiro atoms. The largest absolute Gasteiger partial charge is 0.290 e. The molecule has 2 aromatic heterocycles. The Bertz CT molecular complexity index is 472. The van der Waals surface area contributed by atoms with Gasteiger partial charge in [0.25, 0.3) is 5.91 Å². The van der Waals surface area contributed by atoms with Crippen LogP contribution in [0.1, 0.15) is 10.4 Å². The lowest BCUT2D eigenvalue weighted by Crippen LogP contribution is -2.13. The van der Waals surface area contributed by atoms with Crippen molar-refractivity contribution in [3.05, 3.63) is 39.8 Å². The molecule has 0 saturated heterocycles. The second kappa shape index (κ2) is 4.37. The monoisotopic (exact) mass is 239 g/mol. The number of rotatable bonds is 2. The number of hydrogen-bond donors (Lipinski definition) is 1. The van der Waals surface area contributed by atoms with Gasteiger partial charge in [0, 0.05) is 11.6 Å². The summed E-state index contributed by atoms with van der Waals surface area (Å²) < 4.78 is 0. The summed E-state index contributed by atoms with van der Waals surface area (Å²) in [7, 11) is 0. The van der Waals surface area contributed by atoms with Gasteiger partial charge in [-0.05, 0) is 17.5 Å². The molecule has 1 N–H and O–H groups in total. The molecule has 0 saturated carbocycles. The SMILES string of the molecule is O=C(Nc1nccc(Cl)n1)c1ccsc1. The van der Waals surface area contributed by atoms with E-state index in [1.165, 1.54) is 17.5 Å². The molecule has 0 aliphatic carbocycles. The van der Waals surface area contributed by atoms with E-state index in [0.717, 1.165) is 0 Å². The zero-order valence-electron chi connectivity index (χ0n) is 7.48. The smallest absolute Gasteiger partial charge is 0.258 e. The van der Waals surface area contributed by atoms with Crippen LogP contribution in [0.15, 0.2) is 29.1 Å². The Labute approximate surface area is 94.9 Å². The van der Waals surface area contributed by atoms with Crippen LogP contribution in [0.2, 0.25) is 5.15 Å². The first-order valence-corrected chi connectivity index (χ1v) is 5.40. The van der Waals surface area contributed by atoms with Crippen molar-refractivity contribution < 1.29 is 4.79 Å². The van der Waals surface area contributed by atoms with Gasteiger partial charge in [0.2, 0.25) is 5.95 Å². The molecule has 0 unspecified atom stereocenters. The van der Waals surface area contributed by atoms with Crippen LogP contribution in [0.3, 0.4) is 0 Å². The van der Waals surface area contributed by atoms with Gasteiger partial charge in [-0.1, -0.05) is 11.6 Å². The van der Waals surface area contributed by atoms with Crippen LogP contribution in [-0.2, 0) is 0 Å². The predicted molar refractivity (Wildman–Crippen MR) is 59.3 cm³/mol. The number of amides is 1. The third-order valence-electron chi connectivity index (χ3n) is 1.63. The lowest BCUT2D eigenvalue weighted by molar-refractivity contribution is 0.102. The fourth-order valence-electron chi connectivity index (χ4n) is 0.964. The first-order valence-electron chi connectivity index (χ1n) is 4.08. The number of nitrogens with zero attached hydrogens (tertiary/aromatic N) is 2. The Morgan fingerprint density at radius 1 is 1.47 bits per heavy atom. The molecule has 6 heteroatoms. The van der Waals surface area contributed by atoms with Gasteiger partial charge in [-0.15, -0.1) is 0 Å². The van der Waals surface area contributed by atoms with Crippen molar-refractivity contribution in [2.24, 2.45) is 0 Å². The Balaban J connectivity index is 2.13. The summed E-state index contributed by atoms with van der Waals surface area (Å²) in [6, 6.07) is 3.27. The summed E-state index contributed by atoms with van der Waals surface area (Å²) in [4.78, 5) is 19.3. The zero-order chi connectivity index (χ0) is 10.7. The van der Waals surface area contributed by atoms with Gasteiger partial charge in [-0.2, -0.15) is 11.3 Å². The third kappa shape index (κ3) is 2.51. The molecule has 0 aliphatic rings. The van der Waals surface area contributed by atoms with E-state index in [2.05, 4.69) is 15.3 Å². The molecule has 1 amide bonds. The fraction of sp³-hybridized carbons (Fsp3) is 0. The number of thiophene rings is 1. The van der Waals surface area contributed by atoms with E-state index in [1.54, 1.807) is 17.5 Å². The highest BCUT2D eigenvalue weighted by molar-refractivity contribution is 7.08. The van der Waals surface area contributed by atoms with Gasteiger partial charge in [-0.3, -0.25) is 10.1 Å². The van der Waals surface area contributed by atoms with Gasteiger partial charge >= 0.3 is 0 Å². The molecule has 2 heterocycles. The Morgan fingerprint density at radius 3 is 3.00 bits per heavy atom. The van der Waals surface area contributed by atoms with Crippen molar-refractivity contribution in [3.63, 3.8) is 0 Å². The highest BCUT2D eigenvalue weighted by Gasteiger charge is 2.07. The Morgan fingerprint density at radius 2 is 2.33 bits per heavy atom. The third-order valence-corrected chi connectivity index (χ3v) is 2.52. The van der Waals surface area contributed by atoms with Crippen LogP contribution in [0.25, 0.3) is 0 Å². The summed E-state index contributed by atoms with van der Waals surface area (Å²) in [5.41, 5.74) is 0.587. The van der Waals surface area contributed by atoms with Gasteiger partial charge in [-0.25, -0.2) is 9.97 Å². The molecule has 0 aliphatic heterocycles. The summed E-state index contributed by atoms with van der Waals surface area (Å²) in [5, 5.41) is 6.42. The van der Waals surface area contributed by atoms with Gasteiger partial charge < -0.3 is 0 Å². The number of anilines is 1. The van der Waals surface area contributed by atoms with E-state index in [-0.39, 0.29) is 11.9 Å². The predicted octanol–water partition coefficient (Wildman–Crippen LogP) is 2.44. The minimum absolute atomic E-state index is 0.207. The topological polar surface area (TPSA) is 54.9 Å². The average Bonchev–Trinajstić information content (AvgIpc) is 2.70. The molecule has 0 fully saturated rings. The van der Waals surface area contributed by atoms with E-state index >= 15 is 0 Å². The van der Waals surface area contributed by atoms with Gasteiger partial charge in [0.05, 0.1) is 5.56 Å². The molecule has 0 atom stereocenters. The van der Waals surface area contributed by atoms with Crippen LogP contribution >= 0.6 is 22.9 Å². The van der Waals surface area contributed by atoms with E-state index in [0.29, 0.717) is 10.7 Å². The number of carbonyl (C=O) groups is 1. The maximum Gasteiger partial charge on any atom is 0.258 e. The van der Waals surface area contributed by atoms with E-state index < -0.39 is 0 Å². The lowest BCUT2D eigenvalue weighted by Gasteiger charge is -2.00. The molecule has 0 radical (unpaired) electrons. The maximum absolute atomic E-state index is 11.6. The molecular weight excluding hydrogens is 234 g/mol. The van der Waals surface area contributed by atoms with Gasteiger partial charge in [0.15, 0.2) is 0 Å². The standard InChI is InChI=1S/C9H6ClN3OS/c10-7-1-3-11-9(12-7)13-8(14)6-2-4-15-5-6/h1-5H,(H,11,12,13,14). The lowest BCUT2D eigenvalue weighted by atomic mass is 10.3. The molecule has 76 valence electrons. The van der Waals surface area contributed by atoms with Crippen LogP contribution in [0.5, 0.6) is 0 Å². The van der Waals surface area contributed by atoms with Crippen molar-refractivity contribution in [1.82, 2.24) is 9.97 Å². The Hall–Kier alpha value is -1.46. The molecule has 0 bridgehead atoms. The fourth-order valence-corrected chi connectivity index (χ4v) is 1.74. The Kier molecular flexibility index (Phi) is 2.94. The van der Waals surface area contributed by atoms with Crippen LogP contribution in [0, 0.1) is 0 Å². The van der Waals surface area contributed by atoms with E-state index in [1.807, 2.05) is 5.38 Å². The summed E-state index contributed by atoms with van der Waals surface area (Å²) in [5.74, 6) is -0.0304. The number of nitrogens with one attached hydrogen (secondary N) is 1. The first kappa shape index (κ1) is 10.1.